The van der Waals surface area contributed by atoms with Gasteiger partial charge in [0.15, 0.2) is 6.29 Å². The summed E-state index contributed by atoms with van der Waals surface area (Å²) in [5.74, 6) is 0. The van der Waals surface area contributed by atoms with E-state index < -0.39 is 52.9 Å². The van der Waals surface area contributed by atoms with Crippen LogP contribution in [0.5, 0.6) is 0 Å². The smallest absolute Gasteiger partial charge is 0.368 e. The second-order valence-corrected chi connectivity index (χ2v) is 12.4. The van der Waals surface area contributed by atoms with Crippen molar-refractivity contribution in [1.82, 2.24) is 0 Å². The van der Waals surface area contributed by atoms with Crippen molar-refractivity contribution < 1.29 is 49.5 Å². The number of hydrogen-bond acceptors (Lipinski definition) is 8. The topological polar surface area (TPSA) is 89.5 Å². The van der Waals surface area contributed by atoms with E-state index in [2.05, 4.69) is 4.18 Å². The van der Waals surface area contributed by atoms with Crippen LogP contribution in [0.4, 0.5) is 13.2 Å². The van der Waals surface area contributed by atoms with E-state index in [1.165, 1.54) is 0 Å². The monoisotopic (exact) mass is 672 g/mol. The summed E-state index contributed by atoms with van der Waals surface area (Å²) in [5.41, 5.74) is -2.40. The second-order valence-electron chi connectivity index (χ2n) is 10.8. The molecule has 8 nitrogen and oxygen atoms in total. The maximum Gasteiger partial charge on any atom is 0.523 e. The Morgan fingerprint density at radius 1 is 0.532 bits per heavy atom. The zero-order valence-corrected chi connectivity index (χ0v) is 26.1. The van der Waals surface area contributed by atoms with E-state index in [-0.39, 0.29) is 26.4 Å². The largest absolute Gasteiger partial charge is 0.523 e. The average Bonchev–Trinajstić information content (AvgIpc) is 3.09. The van der Waals surface area contributed by atoms with Gasteiger partial charge in [0.25, 0.3) is 0 Å². The Morgan fingerprint density at radius 3 is 1.30 bits per heavy atom. The molecule has 12 heteroatoms. The second kappa shape index (κ2) is 16.5. The Bertz CT molecular complexity index is 1590. The van der Waals surface area contributed by atoms with Crippen LogP contribution in [-0.4, -0.2) is 51.2 Å². The molecule has 0 N–H and O–H groups in total. The molecule has 0 spiro atoms. The van der Waals surface area contributed by atoms with E-state index in [1.807, 2.05) is 121 Å². The molecule has 47 heavy (non-hydrogen) atoms. The minimum Gasteiger partial charge on any atom is -0.368 e. The predicted molar refractivity (Wildman–Crippen MR) is 166 cm³/mol. The van der Waals surface area contributed by atoms with Gasteiger partial charge in [-0.2, -0.15) is 21.6 Å². The van der Waals surface area contributed by atoms with Crippen LogP contribution in [0, 0.1) is 0 Å². The van der Waals surface area contributed by atoms with Crippen molar-refractivity contribution in [2.24, 2.45) is 0 Å². The third-order valence-electron chi connectivity index (χ3n) is 7.38. The zero-order valence-electron chi connectivity index (χ0n) is 25.3. The molecule has 0 aromatic heterocycles. The molecule has 0 bridgehead atoms. The SMILES string of the molecule is O=S(=O)(OC[C@H]1O[C@H](OCc2ccccc2)[C@H](OCc2ccccc2)[C@@H](OCc2ccccc2)[C@H]1OCc1ccccc1)C(F)(F)F. The van der Waals surface area contributed by atoms with Crippen LogP contribution in [0.1, 0.15) is 22.3 Å². The predicted octanol–water partition coefficient (Wildman–Crippen LogP) is 6.55. The zero-order chi connectivity index (χ0) is 33.1. The Labute approximate surface area is 272 Å². The van der Waals surface area contributed by atoms with Crippen molar-refractivity contribution >= 4 is 10.1 Å². The van der Waals surface area contributed by atoms with Crippen LogP contribution in [-0.2, 0) is 64.4 Å². The lowest BCUT2D eigenvalue weighted by molar-refractivity contribution is -0.328. The highest BCUT2D eigenvalue weighted by Crippen LogP contribution is 2.33. The molecule has 1 fully saturated rings. The third kappa shape index (κ3) is 9.94. The van der Waals surface area contributed by atoms with E-state index in [4.69, 9.17) is 23.7 Å². The molecule has 4 aromatic carbocycles. The molecule has 1 heterocycles. The number of benzene rings is 4. The van der Waals surface area contributed by atoms with Gasteiger partial charge in [-0.1, -0.05) is 121 Å². The fraction of sp³-hybridized carbons (Fsp3) is 0.314. The average molecular weight is 673 g/mol. The van der Waals surface area contributed by atoms with E-state index in [0.717, 1.165) is 22.3 Å². The molecular formula is C35H35F3O8S. The molecule has 1 saturated heterocycles. The maximum atomic E-state index is 13.3. The van der Waals surface area contributed by atoms with Gasteiger partial charge in [0.05, 0.1) is 33.0 Å². The minimum absolute atomic E-state index is 0.0174. The van der Waals surface area contributed by atoms with Gasteiger partial charge < -0.3 is 23.7 Å². The van der Waals surface area contributed by atoms with E-state index in [0.29, 0.717) is 0 Å². The highest BCUT2D eigenvalue weighted by atomic mass is 32.2. The Morgan fingerprint density at radius 2 is 0.894 bits per heavy atom. The first kappa shape index (κ1) is 34.7. The van der Waals surface area contributed by atoms with Gasteiger partial charge in [-0.25, -0.2) is 0 Å². The first-order chi connectivity index (χ1) is 22.7. The van der Waals surface area contributed by atoms with Crippen molar-refractivity contribution in [2.75, 3.05) is 6.61 Å². The molecular weight excluding hydrogens is 637 g/mol. The van der Waals surface area contributed by atoms with Gasteiger partial charge in [-0.3, -0.25) is 4.18 Å². The molecule has 5 rings (SSSR count). The van der Waals surface area contributed by atoms with Gasteiger partial charge in [-0.15, -0.1) is 0 Å². The summed E-state index contributed by atoms with van der Waals surface area (Å²) in [5, 5.41) is 0. The minimum atomic E-state index is -5.94. The summed E-state index contributed by atoms with van der Waals surface area (Å²) in [6, 6.07) is 36.9. The molecule has 5 atom stereocenters. The molecule has 0 amide bonds. The lowest BCUT2D eigenvalue weighted by Crippen LogP contribution is -2.62. The Hall–Kier alpha value is -3.62. The van der Waals surface area contributed by atoms with Crippen LogP contribution in [0.3, 0.4) is 0 Å². The van der Waals surface area contributed by atoms with E-state index in [9.17, 15) is 21.6 Å². The number of ether oxygens (including phenoxy) is 5. The summed E-state index contributed by atoms with van der Waals surface area (Å²) in [6.07, 6.45) is -5.68. The van der Waals surface area contributed by atoms with Gasteiger partial charge in [-0.05, 0) is 22.3 Å². The van der Waals surface area contributed by atoms with Crippen molar-refractivity contribution in [3.63, 3.8) is 0 Å². The molecule has 0 unspecified atom stereocenters. The fourth-order valence-corrected chi connectivity index (χ4v) is 5.44. The summed E-state index contributed by atoms with van der Waals surface area (Å²) in [4.78, 5) is 0. The maximum absolute atomic E-state index is 13.3. The van der Waals surface area contributed by atoms with E-state index >= 15 is 0 Å². The summed E-state index contributed by atoms with van der Waals surface area (Å²) in [6.45, 7) is -0.722. The van der Waals surface area contributed by atoms with Crippen molar-refractivity contribution in [3.05, 3.63) is 144 Å². The van der Waals surface area contributed by atoms with Crippen LogP contribution < -0.4 is 0 Å². The standard InChI is InChI=1S/C35H35F3O8S/c36-35(37,38)47(39,40)45-25-30-31(41-21-26-13-5-1-6-14-26)32(42-22-27-15-7-2-8-16-27)33(43-23-28-17-9-3-10-18-28)34(46-30)44-24-29-19-11-4-12-20-29/h1-20,30-34H,21-25H2/t30-,31+,32+,33-,34+/m1/s1. The Balaban J connectivity index is 1.49. The number of alkyl halides is 3. The first-order valence-corrected chi connectivity index (χ1v) is 16.3. The molecule has 250 valence electrons. The molecule has 0 aliphatic carbocycles. The van der Waals surface area contributed by atoms with E-state index in [1.54, 1.807) is 0 Å². The number of hydrogen-bond donors (Lipinski definition) is 0. The molecule has 0 radical (unpaired) electrons. The normalized spacial score (nSPS) is 21.8. The molecule has 4 aromatic rings. The van der Waals surface area contributed by atoms with Crippen molar-refractivity contribution in [1.29, 1.82) is 0 Å². The lowest BCUT2D eigenvalue weighted by atomic mass is 9.97. The van der Waals surface area contributed by atoms with Crippen molar-refractivity contribution in [2.45, 2.75) is 62.6 Å². The van der Waals surface area contributed by atoms with Gasteiger partial charge in [0.2, 0.25) is 0 Å². The third-order valence-corrected chi connectivity index (χ3v) is 8.39. The van der Waals surface area contributed by atoms with Gasteiger partial charge in [0, 0.05) is 0 Å². The molecule has 1 aliphatic rings. The summed E-state index contributed by atoms with van der Waals surface area (Å²) >= 11 is 0. The van der Waals surface area contributed by atoms with Gasteiger partial charge in [0.1, 0.15) is 24.4 Å². The van der Waals surface area contributed by atoms with Crippen LogP contribution in [0.25, 0.3) is 0 Å². The van der Waals surface area contributed by atoms with Crippen molar-refractivity contribution in [3.8, 4) is 0 Å². The number of halogens is 3. The Kier molecular flexibility index (Phi) is 12.2. The quantitative estimate of drug-likeness (QED) is 0.104. The summed E-state index contributed by atoms with van der Waals surface area (Å²) < 4.78 is 99.8. The molecule has 1 aliphatic heterocycles. The highest BCUT2D eigenvalue weighted by Gasteiger charge is 2.52. The van der Waals surface area contributed by atoms with Crippen LogP contribution in [0.15, 0.2) is 121 Å². The first-order valence-electron chi connectivity index (χ1n) is 14.9. The lowest BCUT2D eigenvalue weighted by Gasteiger charge is -2.45. The number of rotatable bonds is 15. The fourth-order valence-electron chi connectivity index (χ4n) is 4.99. The summed E-state index contributed by atoms with van der Waals surface area (Å²) in [7, 11) is -5.94. The van der Waals surface area contributed by atoms with Crippen LogP contribution in [0.2, 0.25) is 0 Å². The van der Waals surface area contributed by atoms with Gasteiger partial charge >= 0.3 is 15.6 Å². The van der Waals surface area contributed by atoms with Crippen LogP contribution >= 0.6 is 0 Å². The highest BCUT2D eigenvalue weighted by molar-refractivity contribution is 7.87. The molecule has 0 saturated carbocycles.